The molecule has 0 aliphatic heterocycles. The van der Waals surface area contributed by atoms with E-state index in [1.165, 1.54) is 25.7 Å². The van der Waals surface area contributed by atoms with E-state index in [0.717, 1.165) is 30.6 Å². The SMILES string of the molecule is CNc1cccc(C(=O)NCCC2CCC(C)CC2)n1. The van der Waals surface area contributed by atoms with Gasteiger partial charge >= 0.3 is 0 Å². The summed E-state index contributed by atoms with van der Waals surface area (Å²) in [6.45, 7) is 3.09. The first-order valence-electron chi connectivity index (χ1n) is 7.62. The highest BCUT2D eigenvalue weighted by Crippen LogP contribution is 2.29. The average molecular weight is 275 g/mol. The van der Waals surface area contributed by atoms with Crippen LogP contribution in [0.4, 0.5) is 5.82 Å². The largest absolute Gasteiger partial charge is 0.373 e. The summed E-state index contributed by atoms with van der Waals surface area (Å²) in [4.78, 5) is 16.2. The lowest BCUT2D eigenvalue weighted by Crippen LogP contribution is -2.27. The van der Waals surface area contributed by atoms with Gasteiger partial charge in [0.1, 0.15) is 11.5 Å². The smallest absolute Gasteiger partial charge is 0.269 e. The molecule has 20 heavy (non-hydrogen) atoms. The van der Waals surface area contributed by atoms with E-state index < -0.39 is 0 Å². The number of anilines is 1. The molecule has 1 amide bonds. The normalized spacial score (nSPS) is 22.3. The first kappa shape index (κ1) is 14.8. The zero-order chi connectivity index (χ0) is 14.4. The Balaban J connectivity index is 1.74. The van der Waals surface area contributed by atoms with Gasteiger partial charge in [-0.25, -0.2) is 4.98 Å². The van der Waals surface area contributed by atoms with Gasteiger partial charge in [0, 0.05) is 13.6 Å². The van der Waals surface area contributed by atoms with Crippen LogP contribution in [0.5, 0.6) is 0 Å². The van der Waals surface area contributed by atoms with Crippen LogP contribution in [0.25, 0.3) is 0 Å². The van der Waals surface area contributed by atoms with E-state index in [1.54, 1.807) is 13.1 Å². The van der Waals surface area contributed by atoms with E-state index in [0.29, 0.717) is 5.69 Å². The number of aromatic nitrogens is 1. The molecule has 0 spiro atoms. The second-order valence-corrected chi connectivity index (χ2v) is 5.83. The molecule has 0 atom stereocenters. The standard InChI is InChI=1S/C16H25N3O/c1-12-6-8-13(9-7-12)10-11-18-16(20)14-4-3-5-15(17-2)19-14/h3-5,12-13H,6-11H2,1-2H3,(H,17,19)(H,18,20). The van der Waals surface area contributed by atoms with Crippen LogP contribution in [0.1, 0.15) is 49.5 Å². The number of amides is 1. The number of pyridine rings is 1. The fraction of sp³-hybridized carbons (Fsp3) is 0.625. The number of carbonyl (C=O) groups excluding carboxylic acids is 1. The lowest BCUT2D eigenvalue weighted by atomic mass is 9.81. The molecule has 1 aliphatic carbocycles. The molecule has 110 valence electrons. The Hall–Kier alpha value is -1.58. The summed E-state index contributed by atoms with van der Waals surface area (Å²) >= 11 is 0. The fourth-order valence-corrected chi connectivity index (χ4v) is 2.80. The Bertz CT molecular complexity index is 439. The predicted octanol–water partition coefficient (Wildman–Crippen LogP) is 3.07. The molecule has 1 heterocycles. The average Bonchev–Trinajstić information content (AvgIpc) is 2.49. The van der Waals surface area contributed by atoms with Gasteiger partial charge in [-0.2, -0.15) is 0 Å². The van der Waals surface area contributed by atoms with E-state index >= 15 is 0 Å². The molecule has 0 unspecified atom stereocenters. The summed E-state index contributed by atoms with van der Waals surface area (Å²) in [6.07, 6.45) is 6.38. The Labute approximate surface area is 121 Å². The minimum Gasteiger partial charge on any atom is -0.373 e. The van der Waals surface area contributed by atoms with Crippen molar-refractivity contribution in [2.75, 3.05) is 18.9 Å². The molecule has 2 N–H and O–H groups in total. The maximum atomic E-state index is 12.0. The van der Waals surface area contributed by atoms with Crippen molar-refractivity contribution in [2.45, 2.75) is 39.0 Å². The lowest BCUT2D eigenvalue weighted by Gasteiger charge is -2.26. The molecule has 1 aromatic heterocycles. The van der Waals surface area contributed by atoms with Crippen LogP contribution in [-0.4, -0.2) is 24.5 Å². The molecule has 0 bridgehead atoms. The molecule has 0 radical (unpaired) electrons. The highest BCUT2D eigenvalue weighted by molar-refractivity contribution is 5.92. The third-order valence-electron chi connectivity index (χ3n) is 4.21. The molecule has 1 aliphatic rings. The van der Waals surface area contributed by atoms with Gasteiger partial charge in [-0.3, -0.25) is 4.79 Å². The van der Waals surface area contributed by atoms with Crippen LogP contribution in [-0.2, 0) is 0 Å². The highest BCUT2D eigenvalue weighted by atomic mass is 16.1. The van der Waals surface area contributed by atoms with Crippen LogP contribution in [0.2, 0.25) is 0 Å². The zero-order valence-electron chi connectivity index (χ0n) is 12.5. The van der Waals surface area contributed by atoms with Crippen LogP contribution in [0.3, 0.4) is 0 Å². The van der Waals surface area contributed by atoms with Gasteiger partial charge in [-0.1, -0.05) is 38.7 Å². The van der Waals surface area contributed by atoms with Gasteiger partial charge < -0.3 is 10.6 Å². The molecule has 0 saturated heterocycles. The van der Waals surface area contributed by atoms with E-state index in [1.807, 2.05) is 12.1 Å². The number of hydrogen-bond acceptors (Lipinski definition) is 3. The molecule has 1 aromatic rings. The van der Waals surface area contributed by atoms with E-state index in [4.69, 9.17) is 0 Å². The summed E-state index contributed by atoms with van der Waals surface area (Å²) in [5.74, 6) is 2.31. The van der Waals surface area contributed by atoms with Crippen molar-refractivity contribution in [2.24, 2.45) is 11.8 Å². The zero-order valence-corrected chi connectivity index (χ0v) is 12.5. The Kier molecular flexibility index (Phi) is 5.39. The van der Waals surface area contributed by atoms with E-state index in [9.17, 15) is 4.79 Å². The number of nitrogens with zero attached hydrogens (tertiary/aromatic N) is 1. The van der Waals surface area contributed by atoms with Gasteiger partial charge in [0.05, 0.1) is 0 Å². The second-order valence-electron chi connectivity index (χ2n) is 5.83. The van der Waals surface area contributed by atoms with Crippen molar-refractivity contribution in [1.82, 2.24) is 10.3 Å². The van der Waals surface area contributed by atoms with Crippen LogP contribution in [0.15, 0.2) is 18.2 Å². The second kappa shape index (κ2) is 7.27. The molecule has 4 heteroatoms. The number of rotatable bonds is 5. The molecule has 2 rings (SSSR count). The third-order valence-corrected chi connectivity index (χ3v) is 4.21. The molecule has 1 saturated carbocycles. The lowest BCUT2D eigenvalue weighted by molar-refractivity contribution is 0.0945. The monoisotopic (exact) mass is 275 g/mol. The maximum Gasteiger partial charge on any atom is 0.269 e. The number of carbonyl (C=O) groups is 1. The Morgan fingerprint density at radius 2 is 2.05 bits per heavy atom. The molecule has 0 aromatic carbocycles. The van der Waals surface area contributed by atoms with Gasteiger partial charge in [0.15, 0.2) is 0 Å². The first-order valence-corrected chi connectivity index (χ1v) is 7.62. The summed E-state index contributed by atoms with van der Waals surface area (Å²) in [5, 5.41) is 5.92. The minimum atomic E-state index is -0.0775. The van der Waals surface area contributed by atoms with Gasteiger partial charge in [0.25, 0.3) is 5.91 Å². The highest BCUT2D eigenvalue weighted by Gasteiger charge is 2.18. The topological polar surface area (TPSA) is 54.0 Å². The van der Waals surface area contributed by atoms with Gasteiger partial charge in [-0.05, 0) is 30.4 Å². The molecular weight excluding hydrogens is 250 g/mol. The van der Waals surface area contributed by atoms with Crippen molar-refractivity contribution < 1.29 is 4.79 Å². The number of nitrogens with one attached hydrogen (secondary N) is 2. The predicted molar refractivity (Wildman–Crippen MR) is 81.9 cm³/mol. The van der Waals surface area contributed by atoms with Crippen LogP contribution < -0.4 is 10.6 Å². The molecule has 4 nitrogen and oxygen atoms in total. The quantitative estimate of drug-likeness (QED) is 0.868. The van der Waals surface area contributed by atoms with Gasteiger partial charge in [0.2, 0.25) is 0 Å². The molecule has 1 fully saturated rings. The van der Waals surface area contributed by atoms with Crippen molar-refractivity contribution in [3.8, 4) is 0 Å². The van der Waals surface area contributed by atoms with Crippen molar-refractivity contribution in [3.05, 3.63) is 23.9 Å². The third kappa shape index (κ3) is 4.22. The van der Waals surface area contributed by atoms with Crippen molar-refractivity contribution in [1.29, 1.82) is 0 Å². The summed E-state index contributed by atoms with van der Waals surface area (Å²) in [5.41, 5.74) is 0.481. The summed E-state index contributed by atoms with van der Waals surface area (Å²) < 4.78 is 0. The number of hydrogen-bond donors (Lipinski definition) is 2. The van der Waals surface area contributed by atoms with E-state index in [-0.39, 0.29) is 5.91 Å². The first-order chi connectivity index (χ1) is 9.69. The maximum absolute atomic E-state index is 12.0. The van der Waals surface area contributed by atoms with Crippen LogP contribution in [0, 0.1) is 11.8 Å². The van der Waals surface area contributed by atoms with Crippen LogP contribution >= 0.6 is 0 Å². The fourth-order valence-electron chi connectivity index (χ4n) is 2.80. The Morgan fingerprint density at radius 1 is 1.30 bits per heavy atom. The van der Waals surface area contributed by atoms with Crippen molar-refractivity contribution in [3.63, 3.8) is 0 Å². The summed E-state index contributed by atoms with van der Waals surface area (Å²) in [6, 6.07) is 5.44. The van der Waals surface area contributed by atoms with Crippen molar-refractivity contribution >= 4 is 11.7 Å². The Morgan fingerprint density at radius 3 is 2.75 bits per heavy atom. The van der Waals surface area contributed by atoms with E-state index in [2.05, 4.69) is 22.5 Å². The minimum absolute atomic E-state index is 0.0775. The summed E-state index contributed by atoms with van der Waals surface area (Å²) in [7, 11) is 1.80. The van der Waals surface area contributed by atoms with Gasteiger partial charge in [-0.15, -0.1) is 0 Å². The molecular formula is C16H25N3O.